The molecule has 2 aromatic carbocycles. The van der Waals surface area contributed by atoms with Gasteiger partial charge in [-0.1, -0.05) is 35.3 Å². The van der Waals surface area contributed by atoms with Crippen molar-refractivity contribution in [2.24, 2.45) is 0 Å². The molecule has 2 rings (SSSR count). The standard InChI is InChI=1S/C16H16Cl2N2O/c1-2-19-16(21)11-5-3-6-12(9-11)20-10-13-14(17)7-4-8-15(13)18/h3-9,20H,2,10H2,1H3,(H,19,21). The number of anilines is 1. The first kappa shape index (κ1) is 15.7. The van der Waals surface area contributed by atoms with Crippen LogP contribution in [-0.4, -0.2) is 12.5 Å². The summed E-state index contributed by atoms with van der Waals surface area (Å²) >= 11 is 12.3. The second kappa shape index (κ2) is 7.34. The van der Waals surface area contributed by atoms with E-state index in [9.17, 15) is 4.79 Å². The van der Waals surface area contributed by atoms with Crippen LogP contribution in [0.25, 0.3) is 0 Å². The summed E-state index contributed by atoms with van der Waals surface area (Å²) in [7, 11) is 0. The molecular formula is C16H16Cl2N2O. The van der Waals surface area contributed by atoms with E-state index in [-0.39, 0.29) is 5.91 Å². The highest BCUT2D eigenvalue weighted by Crippen LogP contribution is 2.25. The average Bonchev–Trinajstić information content (AvgIpc) is 2.47. The Morgan fingerprint density at radius 2 is 1.76 bits per heavy atom. The van der Waals surface area contributed by atoms with Crippen molar-refractivity contribution in [3.8, 4) is 0 Å². The molecule has 0 spiro atoms. The number of carbonyl (C=O) groups excluding carboxylic acids is 1. The normalized spacial score (nSPS) is 10.2. The monoisotopic (exact) mass is 322 g/mol. The lowest BCUT2D eigenvalue weighted by Crippen LogP contribution is -2.22. The van der Waals surface area contributed by atoms with Gasteiger partial charge in [-0.05, 0) is 37.3 Å². The third-order valence-electron chi connectivity index (χ3n) is 2.99. The highest BCUT2D eigenvalue weighted by molar-refractivity contribution is 6.36. The fraction of sp³-hybridized carbons (Fsp3) is 0.188. The second-order valence-electron chi connectivity index (χ2n) is 4.49. The molecule has 0 aliphatic carbocycles. The van der Waals surface area contributed by atoms with Gasteiger partial charge in [0.15, 0.2) is 0 Å². The van der Waals surface area contributed by atoms with E-state index in [0.717, 1.165) is 11.3 Å². The van der Waals surface area contributed by atoms with Crippen molar-refractivity contribution in [3.05, 3.63) is 63.6 Å². The lowest BCUT2D eigenvalue weighted by molar-refractivity contribution is 0.0956. The van der Waals surface area contributed by atoms with E-state index < -0.39 is 0 Å². The van der Waals surface area contributed by atoms with Gasteiger partial charge >= 0.3 is 0 Å². The number of amides is 1. The van der Waals surface area contributed by atoms with Gasteiger partial charge in [0.25, 0.3) is 5.91 Å². The molecule has 0 radical (unpaired) electrons. The van der Waals surface area contributed by atoms with Gasteiger partial charge in [-0.15, -0.1) is 0 Å². The smallest absolute Gasteiger partial charge is 0.251 e. The lowest BCUT2D eigenvalue weighted by atomic mass is 10.1. The highest BCUT2D eigenvalue weighted by Gasteiger charge is 2.07. The van der Waals surface area contributed by atoms with E-state index in [1.54, 1.807) is 24.3 Å². The summed E-state index contributed by atoms with van der Waals surface area (Å²) in [6.45, 7) is 2.99. The van der Waals surface area contributed by atoms with Crippen LogP contribution in [0.4, 0.5) is 5.69 Å². The van der Waals surface area contributed by atoms with Gasteiger partial charge in [0, 0.05) is 39.9 Å². The van der Waals surface area contributed by atoms with Crippen molar-refractivity contribution in [2.75, 3.05) is 11.9 Å². The van der Waals surface area contributed by atoms with Gasteiger partial charge in [0.1, 0.15) is 0 Å². The van der Waals surface area contributed by atoms with Crippen molar-refractivity contribution in [1.82, 2.24) is 5.32 Å². The Balaban J connectivity index is 2.10. The second-order valence-corrected chi connectivity index (χ2v) is 5.31. The SMILES string of the molecule is CCNC(=O)c1cccc(NCc2c(Cl)cccc2Cl)c1. The Kier molecular flexibility index (Phi) is 5.48. The zero-order valence-electron chi connectivity index (χ0n) is 11.6. The van der Waals surface area contributed by atoms with Crippen molar-refractivity contribution in [3.63, 3.8) is 0 Å². The van der Waals surface area contributed by atoms with Crippen LogP contribution in [0.2, 0.25) is 10.0 Å². The van der Waals surface area contributed by atoms with E-state index in [2.05, 4.69) is 10.6 Å². The van der Waals surface area contributed by atoms with Gasteiger partial charge < -0.3 is 10.6 Å². The van der Waals surface area contributed by atoms with E-state index >= 15 is 0 Å². The quantitative estimate of drug-likeness (QED) is 0.858. The Hall–Kier alpha value is -1.71. The molecule has 110 valence electrons. The van der Waals surface area contributed by atoms with Crippen LogP contribution in [0.1, 0.15) is 22.8 Å². The molecule has 0 atom stereocenters. The first-order chi connectivity index (χ1) is 10.1. The highest BCUT2D eigenvalue weighted by atomic mass is 35.5. The number of halogens is 2. The summed E-state index contributed by atoms with van der Waals surface area (Å²) in [6, 6.07) is 12.7. The Morgan fingerprint density at radius 3 is 2.43 bits per heavy atom. The van der Waals surface area contributed by atoms with Crippen molar-refractivity contribution < 1.29 is 4.79 Å². The van der Waals surface area contributed by atoms with Gasteiger partial charge in [-0.25, -0.2) is 0 Å². The lowest BCUT2D eigenvalue weighted by Gasteiger charge is -2.11. The van der Waals surface area contributed by atoms with Crippen LogP contribution in [0.15, 0.2) is 42.5 Å². The molecule has 0 bridgehead atoms. The maximum Gasteiger partial charge on any atom is 0.251 e. The molecule has 0 aliphatic heterocycles. The number of hydrogen-bond acceptors (Lipinski definition) is 2. The van der Waals surface area contributed by atoms with Crippen LogP contribution in [-0.2, 0) is 6.54 Å². The molecule has 0 aliphatic rings. The van der Waals surface area contributed by atoms with E-state index in [1.807, 2.05) is 25.1 Å². The zero-order chi connectivity index (χ0) is 15.2. The number of hydrogen-bond donors (Lipinski definition) is 2. The minimum absolute atomic E-state index is 0.0862. The van der Waals surface area contributed by atoms with Crippen LogP contribution in [0.3, 0.4) is 0 Å². The molecule has 1 amide bonds. The van der Waals surface area contributed by atoms with Gasteiger partial charge in [-0.3, -0.25) is 4.79 Å². The van der Waals surface area contributed by atoms with Crippen LogP contribution in [0.5, 0.6) is 0 Å². The fourth-order valence-electron chi connectivity index (χ4n) is 1.92. The van der Waals surface area contributed by atoms with Crippen molar-refractivity contribution >= 4 is 34.8 Å². The van der Waals surface area contributed by atoms with Gasteiger partial charge in [0.05, 0.1) is 0 Å². The molecule has 0 saturated heterocycles. The molecule has 2 N–H and O–H groups in total. The summed E-state index contributed by atoms with van der Waals surface area (Å²) in [5.74, 6) is -0.0862. The largest absolute Gasteiger partial charge is 0.381 e. The summed E-state index contributed by atoms with van der Waals surface area (Å²) in [5, 5.41) is 7.24. The average molecular weight is 323 g/mol. The minimum Gasteiger partial charge on any atom is -0.381 e. The first-order valence-electron chi connectivity index (χ1n) is 6.67. The molecule has 0 fully saturated rings. The topological polar surface area (TPSA) is 41.1 Å². The van der Waals surface area contributed by atoms with Crippen LogP contribution in [0, 0.1) is 0 Å². The van der Waals surface area contributed by atoms with Crippen LogP contribution < -0.4 is 10.6 Å². The van der Waals surface area contributed by atoms with E-state index in [1.165, 1.54) is 0 Å². The summed E-state index contributed by atoms with van der Waals surface area (Å²) in [6.07, 6.45) is 0. The summed E-state index contributed by atoms with van der Waals surface area (Å²) in [4.78, 5) is 11.8. The Bertz CT molecular complexity index is 624. The third kappa shape index (κ3) is 4.13. The summed E-state index contributed by atoms with van der Waals surface area (Å²) < 4.78 is 0. The summed E-state index contributed by atoms with van der Waals surface area (Å²) in [5.41, 5.74) is 2.30. The molecule has 2 aromatic rings. The third-order valence-corrected chi connectivity index (χ3v) is 3.70. The predicted octanol–water partition coefficient (Wildman–Crippen LogP) is 4.36. The minimum atomic E-state index is -0.0862. The van der Waals surface area contributed by atoms with E-state index in [4.69, 9.17) is 23.2 Å². The molecule has 3 nitrogen and oxygen atoms in total. The Morgan fingerprint density at radius 1 is 1.10 bits per heavy atom. The molecule has 0 aromatic heterocycles. The number of nitrogens with one attached hydrogen (secondary N) is 2. The molecule has 5 heteroatoms. The van der Waals surface area contributed by atoms with Gasteiger partial charge in [-0.2, -0.15) is 0 Å². The van der Waals surface area contributed by atoms with Crippen molar-refractivity contribution in [2.45, 2.75) is 13.5 Å². The molecule has 0 heterocycles. The van der Waals surface area contributed by atoms with Crippen LogP contribution >= 0.6 is 23.2 Å². The Labute approximate surface area is 134 Å². The molecule has 0 unspecified atom stereocenters. The predicted molar refractivity (Wildman–Crippen MR) is 88.2 cm³/mol. The maximum atomic E-state index is 11.8. The number of rotatable bonds is 5. The zero-order valence-corrected chi connectivity index (χ0v) is 13.1. The first-order valence-corrected chi connectivity index (χ1v) is 7.42. The molecular weight excluding hydrogens is 307 g/mol. The molecule has 0 saturated carbocycles. The number of benzene rings is 2. The number of carbonyl (C=O) groups is 1. The maximum absolute atomic E-state index is 11.8. The fourth-order valence-corrected chi connectivity index (χ4v) is 2.46. The van der Waals surface area contributed by atoms with Crippen molar-refractivity contribution in [1.29, 1.82) is 0 Å². The van der Waals surface area contributed by atoms with E-state index in [0.29, 0.717) is 28.7 Å². The molecule has 21 heavy (non-hydrogen) atoms. The van der Waals surface area contributed by atoms with Gasteiger partial charge in [0.2, 0.25) is 0 Å².